The van der Waals surface area contributed by atoms with Crippen LogP contribution >= 0.6 is 0 Å². The highest BCUT2D eigenvalue weighted by atomic mass is 19.1. The van der Waals surface area contributed by atoms with Crippen molar-refractivity contribution < 1.29 is 4.39 Å². The Labute approximate surface area is 171 Å². The van der Waals surface area contributed by atoms with E-state index in [-0.39, 0.29) is 6.67 Å². The van der Waals surface area contributed by atoms with E-state index in [9.17, 15) is 4.39 Å². The number of nitrogens with zero attached hydrogens (tertiary/aromatic N) is 1. The van der Waals surface area contributed by atoms with Crippen LogP contribution in [0, 0.1) is 35.0 Å². The second-order valence-corrected chi connectivity index (χ2v) is 9.06. The molecule has 1 aromatic carbocycles. The highest BCUT2D eigenvalue weighted by Gasteiger charge is 2.30. The van der Waals surface area contributed by atoms with Gasteiger partial charge >= 0.3 is 0 Å². The van der Waals surface area contributed by atoms with Crippen molar-refractivity contribution >= 4 is 0 Å². The Morgan fingerprint density at radius 2 is 1.57 bits per heavy atom. The maximum atomic E-state index is 12.2. The first-order valence-corrected chi connectivity index (χ1v) is 11.5. The fourth-order valence-electron chi connectivity index (χ4n) is 5.36. The molecule has 0 spiro atoms. The van der Waals surface area contributed by atoms with E-state index < -0.39 is 0 Å². The van der Waals surface area contributed by atoms with Crippen LogP contribution in [-0.2, 0) is 6.42 Å². The minimum absolute atomic E-state index is 0.187. The first kappa shape index (κ1) is 21.1. The molecule has 3 rings (SSSR count). The van der Waals surface area contributed by atoms with Crippen molar-refractivity contribution in [2.24, 2.45) is 23.7 Å². The number of alkyl halides is 1. The van der Waals surface area contributed by atoms with Crippen LogP contribution in [0.3, 0.4) is 0 Å². The molecule has 2 saturated carbocycles. The Kier molecular flexibility index (Phi) is 8.59. The molecule has 0 unspecified atom stereocenters. The lowest BCUT2D eigenvalue weighted by Gasteiger charge is -2.37. The maximum Gasteiger partial charge on any atom is 0.0991 e. The zero-order chi connectivity index (χ0) is 19.6. The minimum Gasteiger partial charge on any atom is -0.251 e. The molecule has 2 fully saturated rings. The smallest absolute Gasteiger partial charge is 0.0991 e. The van der Waals surface area contributed by atoms with E-state index in [1.54, 1.807) is 0 Å². The summed E-state index contributed by atoms with van der Waals surface area (Å²) in [5.41, 5.74) is 2.13. The fraction of sp³-hybridized carbons (Fsp3) is 0.654. The van der Waals surface area contributed by atoms with Gasteiger partial charge in [0.2, 0.25) is 0 Å². The zero-order valence-electron chi connectivity index (χ0n) is 17.3. The van der Waals surface area contributed by atoms with Crippen LogP contribution in [-0.4, -0.2) is 6.67 Å². The molecular formula is C26H36FN. The number of rotatable bonds is 8. The van der Waals surface area contributed by atoms with Gasteiger partial charge in [-0.15, -0.1) is 0 Å². The summed E-state index contributed by atoms with van der Waals surface area (Å²) in [4.78, 5) is 0. The van der Waals surface area contributed by atoms with E-state index in [1.165, 1.54) is 63.4 Å². The monoisotopic (exact) mass is 381 g/mol. The summed E-state index contributed by atoms with van der Waals surface area (Å²) in [6.07, 6.45) is 19.8. The van der Waals surface area contributed by atoms with Crippen LogP contribution in [0.15, 0.2) is 36.4 Å². The van der Waals surface area contributed by atoms with Crippen molar-refractivity contribution in [3.8, 4) is 6.07 Å². The van der Waals surface area contributed by atoms with E-state index in [2.05, 4.69) is 30.4 Å². The Balaban J connectivity index is 1.33. The molecule has 0 aliphatic heterocycles. The summed E-state index contributed by atoms with van der Waals surface area (Å²) in [6.45, 7) is -0.187. The van der Waals surface area contributed by atoms with Crippen LogP contribution in [0.1, 0.15) is 81.8 Å². The van der Waals surface area contributed by atoms with Crippen LogP contribution in [0.2, 0.25) is 0 Å². The Morgan fingerprint density at radius 1 is 0.929 bits per heavy atom. The third kappa shape index (κ3) is 6.47. The molecule has 0 radical (unpaired) electrons. The van der Waals surface area contributed by atoms with E-state index in [4.69, 9.17) is 5.26 Å². The standard InChI is InChI=1S/C26H36FN/c27-19-3-1-2-4-21-11-15-25(16-12-21)26-17-13-23(14-18-26)6-5-22-7-9-24(20-28)10-8-22/h2,4,7-10,21,23,25-26H,1,3,5-6,11-19H2/b4-2+/t21-,23?,25-,26?. The van der Waals surface area contributed by atoms with Crippen molar-refractivity contribution in [3.05, 3.63) is 47.5 Å². The van der Waals surface area contributed by atoms with E-state index in [1.807, 2.05) is 12.1 Å². The molecule has 1 aromatic rings. The van der Waals surface area contributed by atoms with Gasteiger partial charge in [-0.05, 0) is 106 Å². The second kappa shape index (κ2) is 11.4. The minimum atomic E-state index is -0.187. The molecule has 0 saturated heterocycles. The lowest BCUT2D eigenvalue weighted by atomic mass is 9.68. The van der Waals surface area contributed by atoms with Crippen LogP contribution in [0.5, 0.6) is 0 Å². The fourth-order valence-corrected chi connectivity index (χ4v) is 5.36. The molecule has 2 heteroatoms. The van der Waals surface area contributed by atoms with Gasteiger partial charge < -0.3 is 0 Å². The third-order valence-electron chi connectivity index (χ3n) is 7.21. The number of aryl methyl sites for hydroxylation is 1. The predicted octanol–water partition coefficient (Wildman–Crippen LogP) is 7.41. The molecule has 0 amide bonds. The summed E-state index contributed by atoms with van der Waals surface area (Å²) in [5.74, 6) is 3.55. The second-order valence-electron chi connectivity index (χ2n) is 9.06. The molecule has 1 nitrogen and oxygen atoms in total. The molecule has 0 heterocycles. The number of nitriles is 1. The highest BCUT2D eigenvalue weighted by Crippen LogP contribution is 2.42. The van der Waals surface area contributed by atoms with Gasteiger partial charge in [-0.25, -0.2) is 0 Å². The molecule has 2 aliphatic rings. The molecule has 28 heavy (non-hydrogen) atoms. The Bertz CT molecular complexity index is 625. The molecule has 152 valence electrons. The zero-order valence-corrected chi connectivity index (χ0v) is 17.3. The molecular weight excluding hydrogens is 345 g/mol. The number of hydrogen-bond donors (Lipinski definition) is 0. The normalized spacial score (nSPS) is 28.3. The lowest BCUT2D eigenvalue weighted by Crippen LogP contribution is -2.25. The first-order valence-electron chi connectivity index (χ1n) is 11.5. The van der Waals surface area contributed by atoms with Crippen LogP contribution < -0.4 is 0 Å². The van der Waals surface area contributed by atoms with Gasteiger partial charge in [-0.1, -0.05) is 37.1 Å². The van der Waals surface area contributed by atoms with Crippen molar-refractivity contribution in [3.63, 3.8) is 0 Å². The molecule has 0 N–H and O–H groups in total. The Hall–Kier alpha value is -1.62. The summed E-state index contributed by atoms with van der Waals surface area (Å²) in [6, 6.07) is 10.3. The van der Waals surface area contributed by atoms with Gasteiger partial charge in [0.05, 0.1) is 18.3 Å². The van der Waals surface area contributed by atoms with Gasteiger partial charge in [-0.2, -0.15) is 5.26 Å². The van der Waals surface area contributed by atoms with E-state index in [0.29, 0.717) is 6.42 Å². The summed E-state index contributed by atoms with van der Waals surface area (Å²) in [5, 5.41) is 8.90. The Morgan fingerprint density at radius 3 is 2.18 bits per heavy atom. The molecule has 2 aliphatic carbocycles. The number of benzene rings is 1. The van der Waals surface area contributed by atoms with Gasteiger partial charge in [0.1, 0.15) is 0 Å². The topological polar surface area (TPSA) is 23.8 Å². The van der Waals surface area contributed by atoms with Crippen molar-refractivity contribution in [1.82, 2.24) is 0 Å². The first-order chi connectivity index (χ1) is 13.8. The quantitative estimate of drug-likeness (QED) is 0.340. The van der Waals surface area contributed by atoms with Gasteiger partial charge in [0, 0.05) is 0 Å². The number of unbranched alkanes of at least 4 members (excludes halogenated alkanes) is 1. The summed E-state index contributed by atoms with van der Waals surface area (Å²) in [7, 11) is 0. The average molecular weight is 382 g/mol. The van der Waals surface area contributed by atoms with Crippen molar-refractivity contribution in [2.45, 2.75) is 77.0 Å². The van der Waals surface area contributed by atoms with Crippen LogP contribution in [0.25, 0.3) is 0 Å². The molecule has 0 aromatic heterocycles. The van der Waals surface area contributed by atoms with Crippen molar-refractivity contribution in [2.75, 3.05) is 6.67 Å². The highest BCUT2D eigenvalue weighted by molar-refractivity contribution is 5.31. The largest absolute Gasteiger partial charge is 0.251 e. The molecule has 0 atom stereocenters. The number of allylic oxidation sites excluding steroid dienone is 2. The van der Waals surface area contributed by atoms with E-state index >= 15 is 0 Å². The summed E-state index contributed by atoms with van der Waals surface area (Å²) < 4.78 is 12.2. The lowest BCUT2D eigenvalue weighted by molar-refractivity contribution is 0.152. The van der Waals surface area contributed by atoms with Gasteiger partial charge in [0.25, 0.3) is 0 Å². The van der Waals surface area contributed by atoms with Gasteiger partial charge in [-0.3, -0.25) is 4.39 Å². The average Bonchev–Trinajstić information content (AvgIpc) is 2.76. The number of hydrogen-bond acceptors (Lipinski definition) is 1. The van der Waals surface area contributed by atoms with Crippen molar-refractivity contribution in [1.29, 1.82) is 5.26 Å². The molecule has 0 bridgehead atoms. The van der Waals surface area contributed by atoms with E-state index in [0.717, 1.165) is 42.1 Å². The van der Waals surface area contributed by atoms with Gasteiger partial charge in [0.15, 0.2) is 0 Å². The predicted molar refractivity (Wildman–Crippen MR) is 115 cm³/mol. The van der Waals surface area contributed by atoms with Crippen LogP contribution in [0.4, 0.5) is 4.39 Å². The summed E-state index contributed by atoms with van der Waals surface area (Å²) >= 11 is 0. The number of halogens is 1. The third-order valence-corrected chi connectivity index (χ3v) is 7.21. The maximum absolute atomic E-state index is 12.2. The SMILES string of the molecule is N#Cc1ccc(CCC2CCC([C@H]3CC[C@H](/C=C/CCCF)CC3)CC2)cc1.